The maximum Gasteiger partial charge on any atom is 0.417 e. The second kappa shape index (κ2) is 10.5. The average Bonchev–Trinajstić information content (AvgIpc) is 3.45. The third-order valence-corrected chi connectivity index (χ3v) is 7.08. The summed E-state index contributed by atoms with van der Waals surface area (Å²) in [6.45, 7) is 2.55. The number of ether oxygens (including phenoxy) is 3. The molecule has 2 atom stereocenters. The molecule has 0 bridgehead atoms. The number of hydrogen-bond acceptors (Lipinski definition) is 5. The monoisotopic (exact) mass is 578 g/mol. The van der Waals surface area contributed by atoms with Gasteiger partial charge in [0.15, 0.2) is 17.4 Å². The second-order valence-corrected chi connectivity index (χ2v) is 10.9. The van der Waals surface area contributed by atoms with Crippen molar-refractivity contribution in [3.05, 3.63) is 76.4 Å². The van der Waals surface area contributed by atoms with Crippen LogP contribution in [0.5, 0.6) is 17.2 Å². The molecule has 1 heterocycles. The van der Waals surface area contributed by atoms with Crippen molar-refractivity contribution >= 4 is 5.97 Å². The summed E-state index contributed by atoms with van der Waals surface area (Å²) in [5.74, 6) is -3.54. The molecule has 0 radical (unpaired) electrons. The van der Waals surface area contributed by atoms with Crippen LogP contribution >= 0.6 is 0 Å². The maximum atomic E-state index is 14.9. The van der Waals surface area contributed by atoms with Crippen molar-refractivity contribution in [3.63, 3.8) is 0 Å². The lowest BCUT2D eigenvalue weighted by molar-refractivity contribution is -0.138. The van der Waals surface area contributed by atoms with Crippen molar-refractivity contribution in [3.8, 4) is 28.4 Å². The number of benzene rings is 3. The van der Waals surface area contributed by atoms with Gasteiger partial charge in [-0.2, -0.15) is 13.2 Å². The largest absolute Gasteiger partial charge is 0.492 e. The first-order valence-electron chi connectivity index (χ1n) is 12.9. The van der Waals surface area contributed by atoms with Crippen LogP contribution < -0.4 is 14.2 Å². The van der Waals surface area contributed by atoms with E-state index in [-0.39, 0.29) is 42.1 Å². The third kappa shape index (κ3) is 5.95. The van der Waals surface area contributed by atoms with Crippen molar-refractivity contribution < 1.29 is 51.2 Å². The van der Waals surface area contributed by atoms with E-state index in [4.69, 9.17) is 19.3 Å². The Labute approximate surface area is 232 Å². The molecule has 0 saturated carbocycles. The Balaban J connectivity index is 1.48. The van der Waals surface area contributed by atoms with E-state index < -0.39 is 53.4 Å². The van der Waals surface area contributed by atoms with Gasteiger partial charge in [0.1, 0.15) is 24.2 Å². The van der Waals surface area contributed by atoms with Crippen molar-refractivity contribution in [1.82, 2.24) is 0 Å². The highest BCUT2D eigenvalue weighted by molar-refractivity contribution is 5.75. The highest BCUT2D eigenvalue weighted by Gasteiger charge is 2.39. The van der Waals surface area contributed by atoms with Crippen molar-refractivity contribution in [2.75, 3.05) is 13.2 Å². The van der Waals surface area contributed by atoms with E-state index in [2.05, 4.69) is 0 Å². The Bertz CT molecular complexity index is 1470. The predicted octanol–water partition coefficient (Wildman–Crippen LogP) is 6.82. The van der Waals surface area contributed by atoms with E-state index in [1.165, 1.54) is 19.9 Å². The van der Waals surface area contributed by atoms with E-state index in [1.54, 1.807) is 18.2 Å². The number of carbonyl (C=O) groups is 1. The summed E-state index contributed by atoms with van der Waals surface area (Å²) < 4.78 is 88.9. The first-order chi connectivity index (χ1) is 19.2. The van der Waals surface area contributed by atoms with Crippen molar-refractivity contribution in [1.29, 1.82) is 0 Å². The Morgan fingerprint density at radius 2 is 1.73 bits per heavy atom. The van der Waals surface area contributed by atoms with Gasteiger partial charge in [-0.05, 0) is 73.2 Å². The number of alkyl halides is 3. The zero-order valence-electron chi connectivity index (χ0n) is 22.1. The Morgan fingerprint density at radius 3 is 2.37 bits per heavy atom. The van der Waals surface area contributed by atoms with Gasteiger partial charge in [0.25, 0.3) is 0 Å². The van der Waals surface area contributed by atoms with Crippen LogP contribution in [0.15, 0.2) is 42.5 Å². The SMILES string of the molecule is CC(C)(O)COc1c(F)cc(-c2c(C(F)(F)F)ccc3c2CCC3Oc2ccc3c(c2)OCC3CC(=O)O)cc1F. The molecule has 1 aliphatic carbocycles. The standard InChI is InChI=1S/C30H27F5O6/c1-29(2,38)14-40-28-22(31)9-15(10-23(28)32)27-20-6-8-24(19(20)5-7-21(27)30(33,34)35)41-17-3-4-18-16(11-26(36)37)13-39-25(18)12-17/h3-5,7,9-10,12,16,24,38H,6,8,11,13-14H2,1-2H3,(H,36,37). The number of aliphatic carboxylic acids is 1. The number of carboxylic acid groups (broad SMARTS) is 1. The molecule has 3 aromatic rings. The molecule has 2 N–H and O–H groups in total. The first kappa shape index (κ1) is 28.7. The van der Waals surface area contributed by atoms with Crippen LogP contribution in [0.2, 0.25) is 0 Å². The molecule has 218 valence electrons. The molecular formula is C30H27F5O6. The van der Waals surface area contributed by atoms with Crippen LogP contribution in [0.3, 0.4) is 0 Å². The summed E-state index contributed by atoms with van der Waals surface area (Å²) in [6, 6.07) is 8.79. The lowest BCUT2D eigenvalue weighted by Gasteiger charge is -2.21. The number of rotatable bonds is 8. The fourth-order valence-electron chi connectivity index (χ4n) is 5.32. The molecule has 6 nitrogen and oxygen atoms in total. The maximum absolute atomic E-state index is 14.9. The fraction of sp³-hybridized carbons (Fsp3) is 0.367. The quantitative estimate of drug-likeness (QED) is 0.286. The number of aliphatic hydroxyl groups is 1. The summed E-state index contributed by atoms with van der Waals surface area (Å²) in [4.78, 5) is 11.1. The van der Waals surface area contributed by atoms with Crippen LogP contribution in [0, 0.1) is 11.6 Å². The van der Waals surface area contributed by atoms with E-state index in [9.17, 15) is 31.9 Å². The number of halogens is 5. The van der Waals surface area contributed by atoms with E-state index in [0.29, 0.717) is 23.5 Å². The summed E-state index contributed by atoms with van der Waals surface area (Å²) in [6.07, 6.45) is -5.02. The molecular weight excluding hydrogens is 551 g/mol. The molecule has 2 aliphatic rings. The molecule has 3 aromatic carbocycles. The van der Waals surface area contributed by atoms with Crippen LogP contribution in [-0.2, 0) is 17.4 Å². The molecule has 1 aliphatic heterocycles. The van der Waals surface area contributed by atoms with Crippen molar-refractivity contribution in [2.24, 2.45) is 0 Å². The van der Waals surface area contributed by atoms with Gasteiger partial charge in [0.05, 0.1) is 24.2 Å². The zero-order chi connectivity index (χ0) is 29.7. The molecule has 0 spiro atoms. The summed E-state index contributed by atoms with van der Waals surface area (Å²) in [5, 5.41) is 18.9. The van der Waals surface area contributed by atoms with E-state index >= 15 is 0 Å². The Morgan fingerprint density at radius 1 is 1.05 bits per heavy atom. The average molecular weight is 579 g/mol. The second-order valence-electron chi connectivity index (χ2n) is 10.9. The van der Waals surface area contributed by atoms with Crippen LogP contribution in [-0.4, -0.2) is 35.0 Å². The highest BCUT2D eigenvalue weighted by Crippen LogP contribution is 2.47. The molecule has 0 amide bonds. The minimum Gasteiger partial charge on any atom is -0.492 e. The van der Waals surface area contributed by atoms with Crippen molar-refractivity contribution in [2.45, 2.75) is 56.9 Å². The van der Waals surface area contributed by atoms with Crippen LogP contribution in [0.4, 0.5) is 22.0 Å². The molecule has 5 rings (SSSR count). The summed E-state index contributed by atoms with van der Waals surface area (Å²) in [5.41, 5.74) is -1.58. The number of carboxylic acids is 1. The molecule has 2 unspecified atom stereocenters. The van der Waals surface area contributed by atoms with Gasteiger partial charge in [-0.1, -0.05) is 12.1 Å². The van der Waals surface area contributed by atoms with Gasteiger partial charge >= 0.3 is 12.1 Å². The van der Waals surface area contributed by atoms with Gasteiger partial charge in [-0.3, -0.25) is 4.79 Å². The summed E-state index contributed by atoms with van der Waals surface area (Å²) in [7, 11) is 0. The van der Waals surface area contributed by atoms with Gasteiger partial charge in [0.2, 0.25) is 0 Å². The number of fused-ring (bicyclic) bond motifs is 2. The number of hydrogen-bond donors (Lipinski definition) is 2. The third-order valence-electron chi connectivity index (χ3n) is 7.08. The Hall–Kier alpha value is -3.86. The molecule has 0 fully saturated rings. The topological polar surface area (TPSA) is 85.2 Å². The van der Waals surface area contributed by atoms with Crippen LogP contribution in [0.1, 0.15) is 61.0 Å². The van der Waals surface area contributed by atoms with Gasteiger partial charge in [-0.25, -0.2) is 8.78 Å². The minimum absolute atomic E-state index is 0.0821. The van der Waals surface area contributed by atoms with Gasteiger partial charge in [-0.15, -0.1) is 0 Å². The lowest BCUT2D eigenvalue weighted by atomic mass is 9.91. The molecule has 0 saturated heterocycles. The van der Waals surface area contributed by atoms with Crippen LogP contribution in [0.25, 0.3) is 11.1 Å². The Kier molecular flexibility index (Phi) is 7.35. The fourth-order valence-corrected chi connectivity index (χ4v) is 5.32. The predicted molar refractivity (Wildman–Crippen MR) is 137 cm³/mol. The lowest BCUT2D eigenvalue weighted by Crippen LogP contribution is -2.28. The first-order valence-corrected chi connectivity index (χ1v) is 12.9. The minimum atomic E-state index is -4.80. The van der Waals surface area contributed by atoms with Gasteiger partial charge < -0.3 is 24.4 Å². The normalized spacial score (nSPS) is 18.0. The van der Waals surface area contributed by atoms with E-state index in [1.807, 2.05) is 0 Å². The summed E-state index contributed by atoms with van der Waals surface area (Å²) >= 11 is 0. The van der Waals surface area contributed by atoms with Gasteiger partial charge in [0, 0.05) is 17.5 Å². The zero-order valence-corrected chi connectivity index (χ0v) is 22.1. The molecule has 11 heteroatoms. The van der Waals surface area contributed by atoms with E-state index in [0.717, 1.165) is 23.8 Å². The molecule has 0 aromatic heterocycles. The molecule has 41 heavy (non-hydrogen) atoms. The smallest absolute Gasteiger partial charge is 0.417 e. The highest BCUT2D eigenvalue weighted by atomic mass is 19.4.